The summed E-state index contributed by atoms with van der Waals surface area (Å²) in [6.45, 7) is 3.90. The number of hydroxylamine groups is 1. The van der Waals surface area contributed by atoms with Crippen LogP contribution in [0.4, 0.5) is 0 Å². The molecule has 5 heteroatoms. The Morgan fingerprint density at radius 1 is 1.92 bits per heavy atom. The quantitative estimate of drug-likeness (QED) is 0.313. The standard InChI is InChI=1S/C7H9N3OS/c1-2-5-11-10-7(12)6-3-4-8-9-6/h2-4H,1,5H2,(H,8,9)(H,10,12). The van der Waals surface area contributed by atoms with E-state index in [-0.39, 0.29) is 0 Å². The zero-order valence-corrected chi connectivity index (χ0v) is 7.23. The zero-order valence-electron chi connectivity index (χ0n) is 6.41. The fourth-order valence-corrected chi connectivity index (χ4v) is 0.776. The maximum atomic E-state index is 4.95. The smallest absolute Gasteiger partial charge is 0.148 e. The summed E-state index contributed by atoms with van der Waals surface area (Å²) in [6.07, 6.45) is 3.25. The van der Waals surface area contributed by atoms with E-state index in [9.17, 15) is 0 Å². The lowest BCUT2D eigenvalue weighted by molar-refractivity contribution is 0.113. The number of hydrogen-bond donors (Lipinski definition) is 2. The fourth-order valence-electron chi connectivity index (χ4n) is 0.603. The van der Waals surface area contributed by atoms with Gasteiger partial charge >= 0.3 is 0 Å². The van der Waals surface area contributed by atoms with E-state index in [0.29, 0.717) is 11.6 Å². The largest absolute Gasteiger partial charge is 0.275 e. The van der Waals surface area contributed by atoms with Gasteiger partial charge in [0.1, 0.15) is 4.99 Å². The highest BCUT2D eigenvalue weighted by molar-refractivity contribution is 7.80. The predicted octanol–water partition coefficient (Wildman–Crippen LogP) is 0.792. The number of thiocarbonyl (C=S) groups is 1. The number of nitrogens with zero attached hydrogens (tertiary/aromatic N) is 1. The number of rotatable bonds is 4. The molecule has 0 fully saturated rings. The highest BCUT2D eigenvalue weighted by Gasteiger charge is 1.99. The third kappa shape index (κ3) is 2.44. The van der Waals surface area contributed by atoms with Crippen molar-refractivity contribution in [2.24, 2.45) is 0 Å². The summed E-state index contributed by atoms with van der Waals surface area (Å²) in [5.74, 6) is 0. The molecule has 0 aliphatic rings. The molecule has 0 unspecified atom stereocenters. The maximum Gasteiger partial charge on any atom is 0.148 e. The molecule has 1 aromatic rings. The minimum Gasteiger partial charge on any atom is -0.275 e. The molecule has 1 aromatic heterocycles. The highest BCUT2D eigenvalue weighted by Crippen LogP contribution is 1.92. The van der Waals surface area contributed by atoms with Crippen LogP contribution in [0.1, 0.15) is 5.69 Å². The minimum atomic E-state index is 0.411. The van der Waals surface area contributed by atoms with Crippen molar-refractivity contribution in [2.75, 3.05) is 6.61 Å². The molecule has 0 bridgehead atoms. The van der Waals surface area contributed by atoms with Gasteiger partial charge in [0.2, 0.25) is 0 Å². The van der Waals surface area contributed by atoms with Gasteiger partial charge < -0.3 is 0 Å². The number of aromatic nitrogens is 2. The predicted molar refractivity (Wildman–Crippen MR) is 49.6 cm³/mol. The van der Waals surface area contributed by atoms with Crippen molar-refractivity contribution in [3.8, 4) is 0 Å². The average Bonchev–Trinajstić information content (AvgIpc) is 2.56. The van der Waals surface area contributed by atoms with Crippen molar-refractivity contribution in [2.45, 2.75) is 0 Å². The summed E-state index contributed by atoms with van der Waals surface area (Å²) in [6, 6.07) is 1.76. The Bertz CT molecular complexity index is 258. The summed E-state index contributed by atoms with van der Waals surface area (Å²) < 4.78 is 0. The van der Waals surface area contributed by atoms with Gasteiger partial charge in [-0.3, -0.25) is 15.4 Å². The normalized spacial score (nSPS) is 9.33. The van der Waals surface area contributed by atoms with E-state index in [0.717, 1.165) is 5.69 Å². The molecular weight excluding hydrogens is 174 g/mol. The van der Waals surface area contributed by atoms with Crippen molar-refractivity contribution in [1.29, 1.82) is 0 Å². The van der Waals surface area contributed by atoms with Crippen LogP contribution < -0.4 is 5.48 Å². The number of hydrogen-bond acceptors (Lipinski definition) is 3. The highest BCUT2D eigenvalue weighted by atomic mass is 32.1. The van der Waals surface area contributed by atoms with Crippen LogP contribution in [0, 0.1) is 0 Å². The monoisotopic (exact) mass is 183 g/mol. The lowest BCUT2D eigenvalue weighted by Gasteiger charge is -2.03. The second-order valence-corrected chi connectivity index (χ2v) is 2.41. The van der Waals surface area contributed by atoms with Gasteiger partial charge in [-0.25, -0.2) is 0 Å². The van der Waals surface area contributed by atoms with Crippen LogP contribution in [-0.4, -0.2) is 21.8 Å². The molecule has 2 N–H and O–H groups in total. The summed E-state index contributed by atoms with van der Waals surface area (Å²) in [5.41, 5.74) is 3.31. The molecule has 64 valence electrons. The second-order valence-electron chi connectivity index (χ2n) is 2.00. The van der Waals surface area contributed by atoms with Gasteiger partial charge in [-0.15, -0.1) is 6.58 Å². The van der Waals surface area contributed by atoms with Gasteiger partial charge in [0.15, 0.2) is 0 Å². The second kappa shape index (κ2) is 4.63. The number of aromatic amines is 1. The first-order valence-corrected chi connectivity index (χ1v) is 3.78. The van der Waals surface area contributed by atoms with E-state index in [1.54, 1.807) is 18.3 Å². The van der Waals surface area contributed by atoms with Gasteiger partial charge in [0.25, 0.3) is 0 Å². The first-order valence-electron chi connectivity index (χ1n) is 3.37. The van der Waals surface area contributed by atoms with E-state index in [4.69, 9.17) is 17.1 Å². The maximum absolute atomic E-state index is 4.95. The first-order chi connectivity index (χ1) is 5.84. The molecule has 0 amide bonds. The lowest BCUT2D eigenvalue weighted by atomic mass is 10.4. The van der Waals surface area contributed by atoms with E-state index in [1.165, 1.54) is 0 Å². The Hall–Kier alpha value is -1.20. The van der Waals surface area contributed by atoms with Gasteiger partial charge in [-0.05, 0) is 6.07 Å². The minimum absolute atomic E-state index is 0.411. The van der Waals surface area contributed by atoms with Gasteiger partial charge in [-0.2, -0.15) is 5.10 Å². The van der Waals surface area contributed by atoms with Crippen molar-refractivity contribution in [1.82, 2.24) is 15.7 Å². The molecule has 0 atom stereocenters. The fraction of sp³-hybridized carbons (Fsp3) is 0.143. The van der Waals surface area contributed by atoms with E-state index >= 15 is 0 Å². The molecule has 0 saturated heterocycles. The van der Waals surface area contributed by atoms with E-state index < -0.39 is 0 Å². The van der Waals surface area contributed by atoms with Gasteiger partial charge in [-0.1, -0.05) is 18.3 Å². The lowest BCUT2D eigenvalue weighted by Crippen LogP contribution is -2.22. The Kier molecular flexibility index (Phi) is 3.43. The molecule has 0 aliphatic heterocycles. The van der Waals surface area contributed by atoms with Crippen LogP contribution in [0.5, 0.6) is 0 Å². The molecule has 0 aliphatic carbocycles. The zero-order chi connectivity index (χ0) is 8.81. The molecular formula is C7H9N3OS. The van der Waals surface area contributed by atoms with Crippen LogP contribution in [0.2, 0.25) is 0 Å². The van der Waals surface area contributed by atoms with Gasteiger partial charge in [0, 0.05) is 6.20 Å². The van der Waals surface area contributed by atoms with Crippen LogP contribution in [0.25, 0.3) is 0 Å². The van der Waals surface area contributed by atoms with Crippen LogP contribution in [0.15, 0.2) is 24.9 Å². The number of H-pyrrole nitrogens is 1. The van der Waals surface area contributed by atoms with Crippen molar-refractivity contribution in [3.63, 3.8) is 0 Å². The molecule has 12 heavy (non-hydrogen) atoms. The van der Waals surface area contributed by atoms with E-state index in [2.05, 4.69) is 22.3 Å². The molecule has 0 saturated carbocycles. The molecule has 1 rings (SSSR count). The van der Waals surface area contributed by atoms with E-state index in [1.807, 2.05) is 0 Å². The molecule has 0 radical (unpaired) electrons. The molecule has 4 nitrogen and oxygen atoms in total. The summed E-state index contributed by atoms with van der Waals surface area (Å²) in [5, 5.41) is 6.45. The topological polar surface area (TPSA) is 49.9 Å². The summed E-state index contributed by atoms with van der Waals surface area (Å²) in [4.78, 5) is 5.39. The van der Waals surface area contributed by atoms with Crippen molar-refractivity contribution in [3.05, 3.63) is 30.6 Å². The van der Waals surface area contributed by atoms with Gasteiger partial charge in [0.05, 0.1) is 12.3 Å². The Morgan fingerprint density at radius 3 is 3.33 bits per heavy atom. The average molecular weight is 183 g/mol. The summed E-state index contributed by atoms with van der Waals surface area (Å²) >= 11 is 4.95. The van der Waals surface area contributed by atoms with Crippen molar-refractivity contribution >= 4 is 17.2 Å². The van der Waals surface area contributed by atoms with Crippen LogP contribution in [0.3, 0.4) is 0 Å². The summed E-state index contributed by atoms with van der Waals surface area (Å²) in [7, 11) is 0. The molecule has 0 spiro atoms. The number of nitrogens with one attached hydrogen (secondary N) is 2. The Labute approximate surface area is 75.6 Å². The van der Waals surface area contributed by atoms with Crippen molar-refractivity contribution < 1.29 is 4.84 Å². The molecule has 1 heterocycles. The third-order valence-electron chi connectivity index (χ3n) is 1.11. The first kappa shape index (κ1) is 8.89. The third-order valence-corrected chi connectivity index (χ3v) is 1.41. The van der Waals surface area contributed by atoms with Crippen LogP contribution >= 0.6 is 12.2 Å². The Balaban J connectivity index is 2.34. The Morgan fingerprint density at radius 2 is 2.75 bits per heavy atom. The SMILES string of the molecule is C=CCONC(=S)c1ccn[nH]1. The molecule has 0 aromatic carbocycles. The van der Waals surface area contributed by atoms with Crippen LogP contribution in [-0.2, 0) is 4.84 Å².